The lowest BCUT2D eigenvalue weighted by Crippen LogP contribution is -2.26. The molecule has 0 saturated heterocycles. The van der Waals surface area contributed by atoms with Gasteiger partial charge in [-0.2, -0.15) is 0 Å². The number of rotatable bonds is 15. The molecule has 6 heteroatoms. The highest BCUT2D eigenvalue weighted by molar-refractivity contribution is 6.31. The summed E-state index contributed by atoms with van der Waals surface area (Å²) in [4.78, 5) is 17.2. The first-order valence-electron chi connectivity index (χ1n) is 14.2. The minimum atomic E-state index is 0.0152. The predicted molar refractivity (Wildman–Crippen MR) is 161 cm³/mol. The first-order valence-corrected chi connectivity index (χ1v) is 14.6. The van der Waals surface area contributed by atoms with Crippen LogP contribution in [0.3, 0.4) is 0 Å². The number of carbonyl (C=O) groups excluding carboxylic acids is 1. The van der Waals surface area contributed by atoms with E-state index in [1.165, 1.54) is 11.1 Å². The van der Waals surface area contributed by atoms with Gasteiger partial charge in [0.15, 0.2) is 0 Å². The van der Waals surface area contributed by atoms with E-state index in [1.54, 1.807) is 0 Å². The van der Waals surface area contributed by atoms with Crippen LogP contribution < -0.4 is 10.1 Å². The zero-order valence-electron chi connectivity index (χ0n) is 23.2. The fraction of sp³-hybridized carbons (Fsp3) is 0.394. The third-order valence-electron chi connectivity index (χ3n) is 7.03. The third-order valence-corrected chi connectivity index (χ3v) is 7.40. The largest absolute Gasteiger partial charge is 0.494 e. The number of unbranched alkanes of at least 4 members (excludes halogenated alkanes) is 3. The van der Waals surface area contributed by atoms with Crippen molar-refractivity contribution in [2.45, 2.75) is 71.3 Å². The molecular weight excluding hydrogens is 506 g/mol. The zero-order valence-corrected chi connectivity index (χ0v) is 23.9. The van der Waals surface area contributed by atoms with Gasteiger partial charge in [0, 0.05) is 24.5 Å². The number of imidazole rings is 1. The van der Waals surface area contributed by atoms with Crippen molar-refractivity contribution >= 4 is 28.5 Å². The molecule has 0 aliphatic rings. The van der Waals surface area contributed by atoms with Crippen LogP contribution in [0, 0.1) is 0 Å². The Balaban J connectivity index is 1.19. The van der Waals surface area contributed by atoms with Crippen LogP contribution in [0.5, 0.6) is 5.75 Å². The fourth-order valence-corrected chi connectivity index (χ4v) is 4.97. The topological polar surface area (TPSA) is 56.1 Å². The van der Waals surface area contributed by atoms with Crippen molar-refractivity contribution in [1.29, 1.82) is 0 Å². The normalized spacial score (nSPS) is 11.3. The molecule has 1 aromatic heterocycles. The zero-order chi connectivity index (χ0) is 27.5. The number of nitrogens with zero attached hydrogens (tertiary/aromatic N) is 2. The molecule has 39 heavy (non-hydrogen) atoms. The van der Waals surface area contributed by atoms with E-state index in [0.717, 1.165) is 67.7 Å². The summed E-state index contributed by atoms with van der Waals surface area (Å²) in [5.74, 6) is 2.63. The number of amides is 1. The van der Waals surface area contributed by atoms with Crippen LogP contribution in [0.15, 0.2) is 72.8 Å². The molecule has 4 aromatic rings. The highest BCUT2D eigenvalue weighted by atomic mass is 35.5. The number of hydrogen-bond acceptors (Lipinski definition) is 3. The van der Waals surface area contributed by atoms with E-state index in [0.29, 0.717) is 30.5 Å². The van der Waals surface area contributed by atoms with Crippen LogP contribution in [-0.4, -0.2) is 28.6 Å². The number of hydrogen-bond donors (Lipinski definition) is 1. The Morgan fingerprint density at radius 2 is 1.69 bits per heavy atom. The van der Waals surface area contributed by atoms with Crippen molar-refractivity contribution in [3.8, 4) is 5.75 Å². The number of halogens is 1. The van der Waals surface area contributed by atoms with Crippen LogP contribution in [0.4, 0.5) is 0 Å². The number of carbonyl (C=O) groups is 1. The molecule has 3 aromatic carbocycles. The van der Waals surface area contributed by atoms with Crippen molar-refractivity contribution < 1.29 is 9.53 Å². The highest BCUT2D eigenvalue weighted by Gasteiger charge is 2.11. The second-order valence-corrected chi connectivity index (χ2v) is 10.8. The molecule has 1 heterocycles. The molecule has 0 spiro atoms. The standard InChI is InChI=1S/C33H40ClN3O2/c1-25(2)26-17-19-28(20-18-26)39-23-11-10-22-37-31-15-8-7-14-30(31)36-32(37)16-4-3-9-21-35-33(38)24-27-12-5-6-13-29(27)34/h5-8,12-15,17-20,25H,3-4,9-11,16,21-24H2,1-2H3,(H,35,38). The summed E-state index contributed by atoms with van der Waals surface area (Å²) in [6.07, 6.45) is 6.31. The fourth-order valence-electron chi connectivity index (χ4n) is 4.77. The average molecular weight is 546 g/mol. The van der Waals surface area contributed by atoms with Gasteiger partial charge >= 0.3 is 0 Å². The lowest BCUT2D eigenvalue weighted by atomic mass is 10.0. The van der Waals surface area contributed by atoms with Crippen molar-refractivity contribution in [2.75, 3.05) is 13.2 Å². The molecule has 1 N–H and O–H groups in total. The molecule has 0 aliphatic heterocycles. The Bertz CT molecular complexity index is 1330. The number of fused-ring (bicyclic) bond motifs is 1. The van der Waals surface area contributed by atoms with E-state index in [2.05, 4.69) is 66.2 Å². The van der Waals surface area contributed by atoms with Gasteiger partial charge in [0.1, 0.15) is 11.6 Å². The van der Waals surface area contributed by atoms with Gasteiger partial charge in [0.05, 0.1) is 24.1 Å². The number of benzene rings is 3. The van der Waals surface area contributed by atoms with Crippen LogP contribution in [0.2, 0.25) is 5.02 Å². The maximum Gasteiger partial charge on any atom is 0.224 e. The first-order chi connectivity index (χ1) is 19.0. The SMILES string of the molecule is CC(C)c1ccc(OCCCCn2c(CCCCCNC(=O)Cc3ccccc3Cl)nc3ccccc32)cc1. The Morgan fingerprint density at radius 1 is 0.923 bits per heavy atom. The Morgan fingerprint density at radius 3 is 2.49 bits per heavy atom. The molecule has 0 fully saturated rings. The lowest BCUT2D eigenvalue weighted by molar-refractivity contribution is -0.120. The smallest absolute Gasteiger partial charge is 0.224 e. The minimum Gasteiger partial charge on any atom is -0.494 e. The van der Waals surface area contributed by atoms with E-state index in [9.17, 15) is 4.79 Å². The van der Waals surface area contributed by atoms with E-state index in [-0.39, 0.29) is 5.91 Å². The van der Waals surface area contributed by atoms with E-state index in [1.807, 2.05) is 30.3 Å². The van der Waals surface area contributed by atoms with Gasteiger partial charge in [-0.15, -0.1) is 0 Å². The number of para-hydroxylation sites is 2. The predicted octanol–water partition coefficient (Wildman–Crippen LogP) is 7.74. The van der Waals surface area contributed by atoms with E-state index >= 15 is 0 Å². The Labute approximate surface area is 237 Å². The molecule has 0 aliphatic carbocycles. The Kier molecular flexibility index (Phi) is 10.8. The molecule has 5 nitrogen and oxygen atoms in total. The highest BCUT2D eigenvalue weighted by Crippen LogP contribution is 2.21. The van der Waals surface area contributed by atoms with Gasteiger partial charge in [-0.05, 0) is 73.1 Å². The Hall–Kier alpha value is -3.31. The summed E-state index contributed by atoms with van der Waals surface area (Å²) >= 11 is 6.16. The number of ether oxygens (including phenoxy) is 1. The lowest BCUT2D eigenvalue weighted by Gasteiger charge is -2.11. The summed E-state index contributed by atoms with van der Waals surface area (Å²) in [7, 11) is 0. The molecule has 1 amide bonds. The van der Waals surface area contributed by atoms with Crippen molar-refractivity contribution in [2.24, 2.45) is 0 Å². The molecule has 0 saturated carbocycles. The van der Waals surface area contributed by atoms with Crippen molar-refractivity contribution in [3.63, 3.8) is 0 Å². The van der Waals surface area contributed by atoms with Gasteiger partial charge < -0.3 is 14.6 Å². The van der Waals surface area contributed by atoms with Gasteiger partial charge in [-0.25, -0.2) is 4.98 Å². The number of aryl methyl sites for hydroxylation is 2. The second kappa shape index (κ2) is 14.7. The summed E-state index contributed by atoms with van der Waals surface area (Å²) in [5, 5.41) is 3.66. The average Bonchev–Trinajstić information content (AvgIpc) is 3.29. The number of nitrogens with one attached hydrogen (secondary N) is 1. The van der Waals surface area contributed by atoms with Gasteiger partial charge in [-0.3, -0.25) is 4.79 Å². The molecule has 4 rings (SSSR count). The van der Waals surface area contributed by atoms with Crippen molar-refractivity contribution in [3.05, 3.63) is 94.8 Å². The molecule has 0 atom stereocenters. The maximum absolute atomic E-state index is 12.2. The quantitative estimate of drug-likeness (QED) is 0.155. The van der Waals surface area contributed by atoms with Crippen LogP contribution in [0.1, 0.15) is 68.8 Å². The molecule has 0 unspecified atom stereocenters. The minimum absolute atomic E-state index is 0.0152. The van der Waals surface area contributed by atoms with Gasteiger partial charge in [0.2, 0.25) is 5.91 Å². The summed E-state index contributed by atoms with van der Waals surface area (Å²) in [6, 6.07) is 24.3. The molecular formula is C33H40ClN3O2. The van der Waals surface area contributed by atoms with Gasteiger partial charge in [0.25, 0.3) is 0 Å². The summed E-state index contributed by atoms with van der Waals surface area (Å²) < 4.78 is 8.35. The van der Waals surface area contributed by atoms with Gasteiger partial charge in [-0.1, -0.05) is 74.3 Å². The van der Waals surface area contributed by atoms with Crippen LogP contribution in [0.25, 0.3) is 11.0 Å². The molecule has 206 valence electrons. The van der Waals surface area contributed by atoms with E-state index < -0.39 is 0 Å². The van der Waals surface area contributed by atoms with Crippen LogP contribution in [-0.2, 0) is 24.2 Å². The molecule has 0 bridgehead atoms. The summed E-state index contributed by atoms with van der Waals surface area (Å²) in [6.45, 7) is 6.73. The van der Waals surface area contributed by atoms with Crippen LogP contribution >= 0.6 is 11.6 Å². The monoisotopic (exact) mass is 545 g/mol. The summed E-state index contributed by atoms with van der Waals surface area (Å²) in [5.41, 5.74) is 4.45. The van der Waals surface area contributed by atoms with E-state index in [4.69, 9.17) is 21.3 Å². The maximum atomic E-state index is 12.2. The first kappa shape index (κ1) is 28.7. The second-order valence-electron chi connectivity index (χ2n) is 10.4. The van der Waals surface area contributed by atoms with Crippen molar-refractivity contribution in [1.82, 2.24) is 14.9 Å². The number of aromatic nitrogens is 2. The third kappa shape index (κ3) is 8.59. The molecule has 0 radical (unpaired) electrons.